The Morgan fingerprint density at radius 3 is 1.33 bits per heavy atom. The Hall–Kier alpha value is -2.44. The third-order valence-corrected chi connectivity index (χ3v) is 12.2. The minimum absolute atomic E-state index is 0.0584. The molecular formula is C57H103NO5. The van der Waals surface area contributed by atoms with Crippen LogP contribution in [0.4, 0.5) is 0 Å². The molecule has 0 aliphatic carbocycles. The highest BCUT2D eigenvalue weighted by molar-refractivity contribution is 5.77. The van der Waals surface area contributed by atoms with Crippen LogP contribution in [0.2, 0.25) is 0 Å². The van der Waals surface area contributed by atoms with Gasteiger partial charge >= 0.3 is 5.97 Å². The molecule has 0 aliphatic heterocycles. The lowest BCUT2D eigenvalue weighted by Crippen LogP contribution is -2.46. The third kappa shape index (κ3) is 45.9. The first-order valence-electron chi connectivity index (χ1n) is 27.1. The summed E-state index contributed by atoms with van der Waals surface area (Å²) in [5, 5.41) is 23.8. The van der Waals surface area contributed by atoms with E-state index in [0.717, 1.165) is 89.9 Å². The maximum atomic E-state index is 13.2. The van der Waals surface area contributed by atoms with Gasteiger partial charge in [0, 0.05) is 6.42 Å². The van der Waals surface area contributed by atoms with E-state index < -0.39 is 18.2 Å². The molecule has 3 N–H and O–H groups in total. The Morgan fingerprint density at radius 1 is 0.476 bits per heavy atom. The van der Waals surface area contributed by atoms with Crippen molar-refractivity contribution < 1.29 is 24.5 Å². The van der Waals surface area contributed by atoms with Crippen LogP contribution in [0.25, 0.3) is 0 Å². The van der Waals surface area contributed by atoms with Gasteiger partial charge in [0.05, 0.1) is 25.2 Å². The van der Waals surface area contributed by atoms with Gasteiger partial charge in [-0.25, -0.2) is 0 Å². The number of aliphatic hydroxyl groups excluding tert-OH is 2. The highest BCUT2D eigenvalue weighted by Gasteiger charge is 2.24. The van der Waals surface area contributed by atoms with Crippen molar-refractivity contribution in [2.24, 2.45) is 0 Å². The van der Waals surface area contributed by atoms with E-state index in [1.807, 2.05) is 0 Å². The molecule has 0 aliphatic rings. The lowest BCUT2D eigenvalue weighted by molar-refractivity contribution is -0.151. The van der Waals surface area contributed by atoms with Crippen molar-refractivity contribution >= 4 is 11.9 Å². The lowest BCUT2D eigenvalue weighted by atomic mass is 10.0. The second kappa shape index (κ2) is 50.6. The minimum Gasteiger partial charge on any atom is -0.462 e. The molecule has 0 bridgehead atoms. The second-order valence-electron chi connectivity index (χ2n) is 18.3. The summed E-state index contributed by atoms with van der Waals surface area (Å²) in [5.41, 5.74) is 0. The van der Waals surface area contributed by atoms with Crippen LogP contribution in [0.5, 0.6) is 0 Å². The quantitative estimate of drug-likeness (QED) is 0.0321. The predicted octanol–water partition coefficient (Wildman–Crippen LogP) is 16.4. The molecule has 0 aromatic heterocycles. The van der Waals surface area contributed by atoms with Gasteiger partial charge in [0.15, 0.2) is 0 Å². The van der Waals surface area contributed by atoms with E-state index in [1.54, 1.807) is 0 Å². The van der Waals surface area contributed by atoms with Crippen molar-refractivity contribution in [3.8, 4) is 0 Å². The molecule has 0 aromatic rings. The van der Waals surface area contributed by atoms with Crippen LogP contribution in [0.1, 0.15) is 265 Å². The maximum Gasteiger partial charge on any atom is 0.306 e. The van der Waals surface area contributed by atoms with Crippen LogP contribution in [0, 0.1) is 0 Å². The fraction of sp³-hybridized carbons (Fsp3) is 0.789. The smallest absolute Gasteiger partial charge is 0.306 e. The monoisotopic (exact) mass is 882 g/mol. The highest BCUT2D eigenvalue weighted by Crippen LogP contribution is 2.18. The topological polar surface area (TPSA) is 95.9 Å². The van der Waals surface area contributed by atoms with Gasteiger partial charge in [0.1, 0.15) is 6.10 Å². The van der Waals surface area contributed by atoms with Gasteiger partial charge in [-0.2, -0.15) is 0 Å². The number of rotatable bonds is 48. The highest BCUT2D eigenvalue weighted by atomic mass is 16.5. The zero-order valence-corrected chi connectivity index (χ0v) is 41.7. The number of ether oxygens (including phenoxy) is 1. The van der Waals surface area contributed by atoms with E-state index in [2.05, 4.69) is 86.8 Å². The zero-order valence-electron chi connectivity index (χ0n) is 41.7. The first-order chi connectivity index (χ1) is 31.0. The predicted molar refractivity (Wildman–Crippen MR) is 273 cm³/mol. The molecule has 0 saturated carbocycles. The Bertz CT molecular complexity index is 1130. The molecule has 6 nitrogen and oxygen atoms in total. The number of unbranched alkanes of at least 4 members (excludes halogenated alkanes) is 29. The summed E-state index contributed by atoms with van der Waals surface area (Å²) in [6.07, 6.45) is 62.8. The van der Waals surface area contributed by atoms with E-state index in [9.17, 15) is 19.8 Å². The van der Waals surface area contributed by atoms with Gasteiger partial charge in [-0.15, -0.1) is 0 Å². The van der Waals surface area contributed by atoms with Crippen LogP contribution in [0.3, 0.4) is 0 Å². The van der Waals surface area contributed by atoms with Crippen molar-refractivity contribution in [1.82, 2.24) is 5.32 Å². The largest absolute Gasteiger partial charge is 0.462 e. The Balaban J connectivity index is 4.57. The third-order valence-electron chi connectivity index (χ3n) is 12.2. The molecule has 0 fully saturated rings. The van der Waals surface area contributed by atoms with Crippen LogP contribution in [-0.4, -0.2) is 46.9 Å². The van der Waals surface area contributed by atoms with E-state index in [4.69, 9.17) is 4.74 Å². The van der Waals surface area contributed by atoms with E-state index in [1.165, 1.54) is 128 Å². The number of carbonyl (C=O) groups excluding carboxylic acids is 2. The normalized spacial score (nSPS) is 13.7. The van der Waals surface area contributed by atoms with Gasteiger partial charge in [-0.05, 0) is 70.6 Å². The Kier molecular flexibility index (Phi) is 48.6. The fourth-order valence-corrected chi connectivity index (χ4v) is 8.07. The van der Waals surface area contributed by atoms with Gasteiger partial charge in [0.25, 0.3) is 0 Å². The van der Waals surface area contributed by atoms with Crippen molar-refractivity contribution in [1.29, 1.82) is 0 Å². The number of amides is 1. The van der Waals surface area contributed by atoms with E-state index in [0.29, 0.717) is 19.3 Å². The summed E-state index contributed by atoms with van der Waals surface area (Å²) in [5.74, 6) is -0.504. The average molecular weight is 882 g/mol. The standard InChI is InChI=1S/C57H103NO5/c1-4-7-10-13-16-19-22-25-27-29-31-34-37-40-43-46-49-55(60)54(52-59)58-56(61)51-53(48-45-42-39-36-33-30-24-21-18-15-12-9-6-3)63-57(62)50-47-44-41-38-35-32-28-26-23-20-17-14-11-8-5-2/h9,12,15,17-18,20-21,23-24,26,53-55,59-60H,4-8,10-11,13-14,16,19,22,25,27-52H2,1-3H3,(H,58,61)/b12-9+,18-15+,20-17+,24-21+,26-23+. The number of esters is 1. The summed E-state index contributed by atoms with van der Waals surface area (Å²) in [4.78, 5) is 26.2. The zero-order chi connectivity index (χ0) is 45.9. The van der Waals surface area contributed by atoms with Gasteiger partial charge in [-0.1, -0.05) is 242 Å². The van der Waals surface area contributed by atoms with Crippen molar-refractivity contribution in [2.45, 2.75) is 283 Å². The molecule has 0 heterocycles. The minimum atomic E-state index is -0.797. The summed E-state index contributed by atoms with van der Waals surface area (Å²) in [7, 11) is 0. The SMILES string of the molecule is CC/C=C/C=C/C=C/CCCCCCCC(CC(=O)NC(CO)C(O)CCCCCCCCCCCCCCCCCC)OC(=O)CCCCCCCC/C=C/C=C/CCCCC. The second-order valence-corrected chi connectivity index (χ2v) is 18.3. The van der Waals surface area contributed by atoms with Crippen LogP contribution >= 0.6 is 0 Å². The van der Waals surface area contributed by atoms with Gasteiger partial charge < -0.3 is 20.3 Å². The molecular weight excluding hydrogens is 779 g/mol. The summed E-state index contributed by atoms with van der Waals surface area (Å²) in [6, 6.07) is -0.712. The number of nitrogens with one attached hydrogen (secondary N) is 1. The first-order valence-corrected chi connectivity index (χ1v) is 27.1. The van der Waals surface area contributed by atoms with E-state index >= 15 is 0 Å². The van der Waals surface area contributed by atoms with E-state index in [-0.39, 0.29) is 24.9 Å². The molecule has 3 unspecified atom stereocenters. The van der Waals surface area contributed by atoms with Crippen molar-refractivity contribution in [3.05, 3.63) is 60.8 Å². The lowest BCUT2D eigenvalue weighted by Gasteiger charge is -2.24. The molecule has 0 aromatic carbocycles. The average Bonchev–Trinajstić information content (AvgIpc) is 3.28. The van der Waals surface area contributed by atoms with Crippen LogP contribution < -0.4 is 5.32 Å². The number of carbonyl (C=O) groups is 2. The molecule has 366 valence electrons. The molecule has 0 radical (unpaired) electrons. The summed E-state index contributed by atoms with van der Waals surface area (Å²) >= 11 is 0. The molecule has 1 amide bonds. The number of allylic oxidation sites excluding steroid dienone is 10. The Morgan fingerprint density at radius 2 is 0.857 bits per heavy atom. The number of hydrogen-bond acceptors (Lipinski definition) is 5. The maximum absolute atomic E-state index is 13.2. The Labute approximate surface area is 390 Å². The summed E-state index contributed by atoms with van der Waals surface area (Å²) < 4.78 is 5.93. The number of hydrogen-bond donors (Lipinski definition) is 3. The van der Waals surface area contributed by atoms with Crippen molar-refractivity contribution in [2.75, 3.05) is 6.61 Å². The molecule has 63 heavy (non-hydrogen) atoms. The summed E-state index contributed by atoms with van der Waals surface area (Å²) in [6.45, 7) is 6.33. The molecule has 0 saturated heterocycles. The van der Waals surface area contributed by atoms with Crippen molar-refractivity contribution in [3.63, 3.8) is 0 Å². The van der Waals surface area contributed by atoms with Crippen LogP contribution in [-0.2, 0) is 14.3 Å². The fourth-order valence-electron chi connectivity index (χ4n) is 8.07. The van der Waals surface area contributed by atoms with Crippen LogP contribution in [0.15, 0.2) is 60.8 Å². The number of aliphatic hydroxyl groups is 2. The molecule has 6 heteroatoms. The van der Waals surface area contributed by atoms with Gasteiger partial charge in [0.2, 0.25) is 5.91 Å². The first kappa shape index (κ1) is 60.6. The molecule has 0 rings (SSSR count). The molecule has 0 spiro atoms. The van der Waals surface area contributed by atoms with Gasteiger partial charge in [-0.3, -0.25) is 9.59 Å². The molecule has 3 atom stereocenters.